The number of aryl methyl sites for hydroxylation is 12. The Morgan fingerprint density at radius 1 is 0.172 bits per heavy atom. The van der Waals surface area contributed by atoms with E-state index < -0.39 is 0 Å². The van der Waals surface area contributed by atoms with Crippen LogP contribution in [0.25, 0.3) is 190 Å². The number of fused-ring (bicyclic) bond motifs is 6. The lowest BCUT2D eigenvalue weighted by Crippen LogP contribution is -2.03. The lowest BCUT2D eigenvalue weighted by molar-refractivity contribution is 1.07. The fraction of sp³-hybridized carbons (Fsp3) is 0.111. The second-order valence-corrected chi connectivity index (χ2v) is 31.8. The summed E-state index contributed by atoms with van der Waals surface area (Å²) in [5, 5.41) is 4.64. The van der Waals surface area contributed by atoms with E-state index in [-0.39, 0.29) is 0 Å². The Kier molecular flexibility index (Phi) is 18.1. The molecule has 4 heterocycles. The summed E-state index contributed by atoms with van der Waals surface area (Å²) in [6, 6.07) is 111. The smallest absolute Gasteiger partial charge is 0.164 e. The molecule has 4 aromatic heterocycles. The molecule has 0 aliphatic rings. The minimum absolute atomic E-state index is 0.556. The van der Waals surface area contributed by atoms with Crippen LogP contribution in [0.15, 0.2) is 303 Å². The van der Waals surface area contributed by atoms with Crippen molar-refractivity contribution >= 4 is 43.6 Å². The maximum Gasteiger partial charge on any atom is 0.164 e. The molecule has 0 saturated carbocycles. The fourth-order valence-corrected chi connectivity index (χ4v) is 18.7. The van der Waals surface area contributed by atoms with Crippen LogP contribution in [0, 0.1) is 83.1 Å². The zero-order valence-corrected chi connectivity index (χ0v) is 67.4. The quantitative estimate of drug-likeness (QED) is 0.108. The van der Waals surface area contributed by atoms with Crippen LogP contribution >= 0.6 is 0 Å². The van der Waals surface area contributed by atoms with Gasteiger partial charge < -0.3 is 9.13 Å². The van der Waals surface area contributed by atoms with Gasteiger partial charge in [-0.3, -0.25) is 0 Å². The summed E-state index contributed by atoms with van der Waals surface area (Å²) < 4.78 is 4.99. The summed E-state index contributed by atoms with van der Waals surface area (Å²) in [5.74, 6) is 3.46. The summed E-state index contributed by atoms with van der Waals surface area (Å²) in [7, 11) is 0. The molecule has 0 fully saturated rings. The third-order valence-electron chi connectivity index (χ3n) is 23.3. The molecule has 19 aromatic rings. The van der Waals surface area contributed by atoms with Gasteiger partial charge in [0.15, 0.2) is 34.9 Å². The van der Waals surface area contributed by atoms with Crippen LogP contribution in [-0.2, 0) is 0 Å². The molecule has 0 saturated heterocycles. The highest BCUT2D eigenvalue weighted by atomic mass is 15.1. The normalized spacial score (nSPS) is 11.6. The summed E-state index contributed by atoms with van der Waals surface area (Å²) in [5.41, 5.74) is 40.3. The van der Waals surface area contributed by atoms with Crippen molar-refractivity contribution in [2.75, 3.05) is 0 Å². The van der Waals surface area contributed by atoms with E-state index in [1.165, 1.54) is 111 Å². The molecule has 0 aliphatic carbocycles. The highest BCUT2D eigenvalue weighted by molar-refractivity contribution is 6.14. The molecule has 0 atom stereocenters. The first kappa shape index (κ1) is 72.2. The average molecular weight is 1500 g/mol. The standard InChI is InChI=1S/C108H86N8/c1-63-48-67(5)99(68(6)49-63)81-36-42-95-89(57-81)90-58-82(100-69(7)50-64(2)51-70(100)8)37-43-96(90)115(95)93-46-40-85(107-111-103(75-26-17-13-18-27-75)109-104(112-107)76-28-19-14-20-29-76)61-87(93)79-34-25-35-80(56-79)88-62-86(108-113-105(77-30-21-15-22-31-77)110-106(114-108)78-32-23-16-24-33-78)41-47-94(88)116-97-44-38-83(101-71(9)52-65(3)53-72(101)10)59-91(97)92-60-84(39-45-98(92)116)102-73(11)54-66(4)55-74(102)12/h13-62H,1-12H3. The van der Waals surface area contributed by atoms with Gasteiger partial charge in [-0.2, -0.15) is 0 Å². The molecular formula is C108H86N8. The summed E-state index contributed by atoms with van der Waals surface area (Å²) in [6.07, 6.45) is 0. The highest BCUT2D eigenvalue weighted by Crippen LogP contribution is 2.47. The van der Waals surface area contributed by atoms with E-state index in [2.05, 4.69) is 323 Å². The Morgan fingerprint density at radius 3 is 0.629 bits per heavy atom. The second-order valence-electron chi connectivity index (χ2n) is 31.8. The second kappa shape index (κ2) is 29.1. The van der Waals surface area contributed by atoms with Crippen molar-refractivity contribution < 1.29 is 0 Å². The van der Waals surface area contributed by atoms with Crippen LogP contribution in [0.4, 0.5) is 0 Å². The maximum absolute atomic E-state index is 5.41. The van der Waals surface area contributed by atoms with E-state index in [4.69, 9.17) is 29.9 Å². The van der Waals surface area contributed by atoms with Crippen molar-refractivity contribution in [2.45, 2.75) is 83.1 Å². The first-order chi connectivity index (χ1) is 56.4. The number of hydrogen-bond acceptors (Lipinski definition) is 6. The fourth-order valence-electron chi connectivity index (χ4n) is 18.7. The van der Waals surface area contributed by atoms with Gasteiger partial charge in [-0.05, 0) is 274 Å². The lowest BCUT2D eigenvalue weighted by atomic mass is 9.91. The molecule has 0 spiro atoms. The van der Waals surface area contributed by atoms with Gasteiger partial charge in [0.2, 0.25) is 0 Å². The predicted octanol–water partition coefficient (Wildman–Crippen LogP) is 28.0. The predicted molar refractivity (Wildman–Crippen MR) is 484 cm³/mol. The van der Waals surface area contributed by atoms with Gasteiger partial charge >= 0.3 is 0 Å². The summed E-state index contributed by atoms with van der Waals surface area (Å²) in [6.45, 7) is 26.7. The number of aromatic nitrogens is 8. The molecule has 8 nitrogen and oxygen atoms in total. The molecule has 0 N–H and O–H groups in total. The zero-order chi connectivity index (χ0) is 79.3. The summed E-state index contributed by atoms with van der Waals surface area (Å²) in [4.78, 5) is 32.0. The number of nitrogens with zero attached hydrogens (tertiary/aromatic N) is 8. The zero-order valence-electron chi connectivity index (χ0n) is 67.4. The van der Waals surface area contributed by atoms with Crippen molar-refractivity contribution in [3.63, 3.8) is 0 Å². The van der Waals surface area contributed by atoms with Crippen LogP contribution in [-0.4, -0.2) is 39.0 Å². The Labute approximate surface area is 677 Å². The van der Waals surface area contributed by atoms with Gasteiger partial charge in [0.1, 0.15) is 0 Å². The third-order valence-corrected chi connectivity index (χ3v) is 23.3. The van der Waals surface area contributed by atoms with Crippen LogP contribution < -0.4 is 0 Å². The lowest BCUT2D eigenvalue weighted by Gasteiger charge is -2.19. The SMILES string of the molecule is Cc1cc(C)c(-c2ccc3c(c2)c2cc(-c4c(C)cc(C)cc4C)ccc2n3-c2ccc(-c3nc(-c4ccccc4)nc(-c4ccccc4)n3)cc2-c2cccc(-c3cc(-c4nc(-c5ccccc5)nc(-c5ccccc5)n4)ccc3-n3c4ccc(-c5c(C)cc(C)cc5C)cc4c4cc(-c5c(C)cc(C)cc5C)ccc43)c2)c(C)c1. The Bertz CT molecular complexity index is 6330. The van der Waals surface area contributed by atoms with E-state index in [0.29, 0.717) is 34.9 Å². The van der Waals surface area contributed by atoms with Gasteiger partial charge in [-0.1, -0.05) is 235 Å². The van der Waals surface area contributed by atoms with Crippen molar-refractivity contribution in [2.24, 2.45) is 0 Å². The molecule has 0 unspecified atom stereocenters. The first-order valence-corrected chi connectivity index (χ1v) is 40.0. The Balaban J connectivity index is 0.894. The molecule has 8 heteroatoms. The molecule has 0 amide bonds. The average Bonchev–Trinajstić information content (AvgIpc) is 1.57. The van der Waals surface area contributed by atoms with Crippen LogP contribution in [0.1, 0.15) is 66.8 Å². The number of hydrogen-bond donors (Lipinski definition) is 0. The van der Waals surface area contributed by atoms with E-state index >= 15 is 0 Å². The van der Waals surface area contributed by atoms with E-state index in [0.717, 1.165) is 111 Å². The van der Waals surface area contributed by atoms with Crippen molar-refractivity contribution in [1.82, 2.24) is 39.0 Å². The van der Waals surface area contributed by atoms with E-state index in [9.17, 15) is 0 Å². The molecule has 19 rings (SSSR count). The highest BCUT2D eigenvalue weighted by Gasteiger charge is 2.26. The van der Waals surface area contributed by atoms with E-state index in [1.807, 2.05) is 72.8 Å². The van der Waals surface area contributed by atoms with Gasteiger partial charge in [0.25, 0.3) is 0 Å². The number of rotatable bonds is 14. The summed E-state index contributed by atoms with van der Waals surface area (Å²) >= 11 is 0. The Morgan fingerprint density at radius 2 is 0.388 bits per heavy atom. The monoisotopic (exact) mass is 1490 g/mol. The molecule has 558 valence electrons. The first-order valence-electron chi connectivity index (χ1n) is 40.0. The van der Waals surface area contributed by atoms with Gasteiger partial charge in [0.05, 0.1) is 33.4 Å². The van der Waals surface area contributed by atoms with E-state index in [1.54, 1.807) is 0 Å². The third kappa shape index (κ3) is 13.0. The minimum atomic E-state index is 0.556. The van der Waals surface area contributed by atoms with Gasteiger partial charge in [-0.15, -0.1) is 0 Å². The molecule has 0 bridgehead atoms. The van der Waals surface area contributed by atoms with Crippen molar-refractivity contribution in [1.29, 1.82) is 0 Å². The van der Waals surface area contributed by atoms with Crippen molar-refractivity contribution in [3.05, 3.63) is 370 Å². The molecular weight excluding hydrogens is 1410 g/mol. The minimum Gasteiger partial charge on any atom is -0.309 e. The topological polar surface area (TPSA) is 87.2 Å². The molecule has 15 aromatic carbocycles. The van der Waals surface area contributed by atoms with Gasteiger partial charge in [0, 0.05) is 66.1 Å². The maximum atomic E-state index is 5.41. The van der Waals surface area contributed by atoms with Crippen LogP contribution in [0.3, 0.4) is 0 Å². The van der Waals surface area contributed by atoms with Gasteiger partial charge in [-0.25, -0.2) is 29.9 Å². The van der Waals surface area contributed by atoms with Crippen molar-refractivity contribution in [3.8, 4) is 146 Å². The molecule has 0 radical (unpaired) electrons. The molecule has 116 heavy (non-hydrogen) atoms. The molecule has 0 aliphatic heterocycles. The van der Waals surface area contributed by atoms with Crippen LogP contribution in [0.5, 0.6) is 0 Å². The largest absolute Gasteiger partial charge is 0.309 e. The Hall–Kier alpha value is -14.1. The van der Waals surface area contributed by atoms with Crippen LogP contribution in [0.2, 0.25) is 0 Å². The number of benzene rings is 15.